The van der Waals surface area contributed by atoms with Gasteiger partial charge in [0, 0.05) is 10.5 Å². The van der Waals surface area contributed by atoms with Crippen LogP contribution in [-0.2, 0) is 14.8 Å². The van der Waals surface area contributed by atoms with Gasteiger partial charge in [0.15, 0.2) is 0 Å². The van der Waals surface area contributed by atoms with Gasteiger partial charge in [-0.25, -0.2) is 13.1 Å². The molecule has 0 radical (unpaired) electrons. The van der Waals surface area contributed by atoms with Crippen LogP contribution in [0.2, 0.25) is 0 Å². The second kappa shape index (κ2) is 6.31. The minimum absolute atomic E-state index is 0.112. The van der Waals surface area contributed by atoms with Crippen molar-refractivity contribution in [3.05, 3.63) is 28.7 Å². The van der Waals surface area contributed by atoms with Crippen molar-refractivity contribution in [3.63, 3.8) is 0 Å². The Morgan fingerprint density at radius 2 is 2.17 bits per heavy atom. The standard InChI is InChI=1S/C11H14BrNO4S/c1-2-9(7-11(14)15)13-18(16,17)10-5-3-4-8(12)6-10/h3-6,9,13H,2,7H2,1H3,(H,14,15). The topological polar surface area (TPSA) is 83.5 Å². The van der Waals surface area contributed by atoms with E-state index in [1.807, 2.05) is 0 Å². The molecule has 0 aliphatic heterocycles. The van der Waals surface area contributed by atoms with Crippen LogP contribution in [0.5, 0.6) is 0 Å². The lowest BCUT2D eigenvalue weighted by molar-refractivity contribution is -0.137. The number of sulfonamides is 1. The lowest BCUT2D eigenvalue weighted by Crippen LogP contribution is -2.36. The first-order valence-electron chi connectivity index (χ1n) is 5.35. The average molecular weight is 336 g/mol. The van der Waals surface area contributed by atoms with Crippen LogP contribution in [0.4, 0.5) is 0 Å². The van der Waals surface area contributed by atoms with E-state index in [1.54, 1.807) is 19.1 Å². The number of aliphatic carboxylic acids is 1. The van der Waals surface area contributed by atoms with Gasteiger partial charge in [-0.2, -0.15) is 0 Å². The Bertz CT molecular complexity index is 530. The number of halogens is 1. The molecule has 0 aromatic heterocycles. The summed E-state index contributed by atoms with van der Waals surface area (Å²) in [6.07, 6.45) is 0.184. The van der Waals surface area contributed by atoms with Gasteiger partial charge in [-0.05, 0) is 24.6 Å². The lowest BCUT2D eigenvalue weighted by Gasteiger charge is -2.15. The minimum atomic E-state index is -3.68. The number of carboxylic acid groups (broad SMARTS) is 1. The number of hydrogen-bond acceptors (Lipinski definition) is 3. The summed E-state index contributed by atoms with van der Waals surface area (Å²) in [5, 5.41) is 8.68. The molecule has 0 saturated heterocycles. The molecule has 1 rings (SSSR count). The first-order valence-corrected chi connectivity index (χ1v) is 7.62. The van der Waals surface area contributed by atoms with E-state index >= 15 is 0 Å². The van der Waals surface area contributed by atoms with Crippen molar-refractivity contribution in [2.75, 3.05) is 0 Å². The van der Waals surface area contributed by atoms with Gasteiger partial charge >= 0.3 is 5.97 Å². The minimum Gasteiger partial charge on any atom is -0.481 e. The summed E-state index contributed by atoms with van der Waals surface area (Å²) in [4.78, 5) is 10.7. The third kappa shape index (κ3) is 4.40. The van der Waals surface area contributed by atoms with Gasteiger partial charge in [-0.15, -0.1) is 0 Å². The van der Waals surface area contributed by atoms with Crippen LogP contribution in [0.1, 0.15) is 19.8 Å². The Morgan fingerprint density at radius 3 is 2.67 bits per heavy atom. The zero-order valence-corrected chi connectivity index (χ0v) is 12.2. The van der Waals surface area contributed by atoms with Crippen molar-refractivity contribution in [1.82, 2.24) is 4.72 Å². The molecule has 1 aromatic rings. The van der Waals surface area contributed by atoms with Gasteiger partial charge in [0.25, 0.3) is 0 Å². The molecule has 0 heterocycles. The number of carbonyl (C=O) groups is 1. The molecule has 1 unspecified atom stereocenters. The molecule has 1 atom stereocenters. The van der Waals surface area contributed by atoms with Gasteiger partial charge in [0.05, 0.1) is 11.3 Å². The van der Waals surface area contributed by atoms with Crippen molar-refractivity contribution >= 4 is 31.9 Å². The second-order valence-electron chi connectivity index (χ2n) is 3.78. The maximum Gasteiger partial charge on any atom is 0.304 e. The van der Waals surface area contributed by atoms with E-state index in [9.17, 15) is 13.2 Å². The number of nitrogens with one attached hydrogen (secondary N) is 1. The van der Waals surface area contributed by atoms with Crippen LogP contribution < -0.4 is 4.72 Å². The molecule has 18 heavy (non-hydrogen) atoms. The summed E-state index contributed by atoms with van der Waals surface area (Å²) in [6, 6.07) is 5.65. The number of carboxylic acids is 1. The zero-order valence-electron chi connectivity index (χ0n) is 9.76. The molecule has 1 aromatic carbocycles. The monoisotopic (exact) mass is 335 g/mol. The van der Waals surface area contributed by atoms with E-state index in [0.29, 0.717) is 10.9 Å². The summed E-state index contributed by atoms with van der Waals surface area (Å²) in [5.41, 5.74) is 0. The van der Waals surface area contributed by atoms with Crippen molar-refractivity contribution in [3.8, 4) is 0 Å². The molecule has 0 bridgehead atoms. The van der Waals surface area contributed by atoms with Crippen molar-refractivity contribution in [1.29, 1.82) is 0 Å². The highest BCUT2D eigenvalue weighted by Crippen LogP contribution is 2.16. The van der Waals surface area contributed by atoms with Crippen LogP contribution in [0.15, 0.2) is 33.6 Å². The van der Waals surface area contributed by atoms with Gasteiger partial charge in [0.2, 0.25) is 10.0 Å². The van der Waals surface area contributed by atoms with Crippen LogP contribution in [0, 0.1) is 0 Å². The summed E-state index contributed by atoms with van der Waals surface area (Å²) < 4.78 is 27.1. The molecule has 0 amide bonds. The molecular weight excluding hydrogens is 322 g/mol. The second-order valence-corrected chi connectivity index (χ2v) is 6.41. The Labute approximate surface area is 114 Å². The third-order valence-corrected chi connectivity index (χ3v) is 4.35. The van der Waals surface area contributed by atoms with E-state index < -0.39 is 22.0 Å². The van der Waals surface area contributed by atoms with Crippen molar-refractivity contribution in [2.24, 2.45) is 0 Å². The lowest BCUT2D eigenvalue weighted by atomic mass is 10.2. The van der Waals surface area contributed by atoms with E-state index in [0.717, 1.165) is 0 Å². The van der Waals surface area contributed by atoms with Crippen molar-refractivity contribution < 1.29 is 18.3 Å². The van der Waals surface area contributed by atoms with Crippen LogP contribution in [-0.4, -0.2) is 25.5 Å². The predicted octanol–water partition coefficient (Wildman–Crippen LogP) is 1.98. The highest BCUT2D eigenvalue weighted by Gasteiger charge is 2.20. The van der Waals surface area contributed by atoms with E-state index in [-0.39, 0.29) is 11.3 Å². The predicted molar refractivity (Wildman–Crippen MR) is 70.8 cm³/mol. The molecule has 0 aliphatic rings. The maximum absolute atomic E-state index is 12.0. The summed E-state index contributed by atoms with van der Waals surface area (Å²) in [7, 11) is -3.68. The van der Waals surface area contributed by atoms with Crippen LogP contribution in [0.25, 0.3) is 0 Å². The average Bonchev–Trinajstić information content (AvgIpc) is 2.27. The fourth-order valence-corrected chi connectivity index (χ4v) is 3.32. The molecule has 0 fully saturated rings. The normalized spacial score (nSPS) is 13.2. The third-order valence-electron chi connectivity index (χ3n) is 2.34. The number of rotatable bonds is 6. The summed E-state index contributed by atoms with van der Waals surface area (Å²) >= 11 is 3.19. The molecule has 0 saturated carbocycles. The SMILES string of the molecule is CCC(CC(=O)O)NS(=O)(=O)c1cccc(Br)c1. The van der Waals surface area contributed by atoms with Crippen LogP contribution in [0.3, 0.4) is 0 Å². The number of benzene rings is 1. The Morgan fingerprint density at radius 1 is 1.50 bits per heavy atom. The molecule has 2 N–H and O–H groups in total. The molecule has 0 spiro atoms. The Hall–Kier alpha value is -0.920. The maximum atomic E-state index is 12.0. The molecule has 100 valence electrons. The van der Waals surface area contributed by atoms with E-state index in [2.05, 4.69) is 20.7 Å². The highest BCUT2D eigenvalue weighted by molar-refractivity contribution is 9.10. The largest absolute Gasteiger partial charge is 0.481 e. The quantitative estimate of drug-likeness (QED) is 0.832. The Balaban J connectivity index is 2.90. The zero-order chi connectivity index (χ0) is 13.8. The summed E-state index contributed by atoms with van der Waals surface area (Å²) in [6.45, 7) is 1.73. The van der Waals surface area contributed by atoms with Gasteiger partial charge < -0.3 is 5.11 Å². The first-order chi connectivity index (χ1) is 8.35. The molecule has 0 aliphatic carbocycles. The fourth-order valence-electron chi connectivity index (χ4n) is 1.40. The molecule has 5 nitrogen and oxygen atoms in total. The van der Waals surface area contributed by atoms with Gasteiger partial charge in [0.1, 0.15) is 0 Å². The van der Waals surface area contributed by atoms with E-state index in [1.165, 1.54) is 12.1 Å². The van der Waals surface area contributed by atoms with Gasteiger partial charge in [-0.1, -0.05) is 28.9 Å². The summed E-state index contributed by atoms with van der Waals surface area (Å²) in [5.74, 6) is -1.03. The Kier molecular flexibility index (Phi) is 5.30. The van der Waals surface area contributed by atoms with Crippen molar-refractivity contribution in [2.45, 2.75) is 30.7 Å². The molecular formula is C11H14BrNO4S. The van der Waals surface area contributed by atoms with E-state index in [4.69, 9.17) is 5.11 Å². The van der Waals surface area contributed by atoms with Crippen LogP contribution >= 0.6 is 15.9 Å². The highest BCUT2D eigenvalue weighted by atomic mass is 79.9. The number of hydrogen-bond donors (Lipinski definition) is 2. The first kappa shape index (κ1) is 15.1. The smallest absolute Gasteiger partial charge is 0.304 e. The fraction of sp³-hybridized carbons (Fsp3) is 0.364. The van der Waals surface area contributed by atoms with Gasteiger partial charge in [-0.3, -0.25) is 4.79 Å². The molecule has 7 heteroatoms.